The Morgan fingerprint density at radius 3 is 2.74 bits per heavy atom. The van der Waals surface area contributed by atoms with Crippen LogP contribution in [0.15, 0.2) is 29.0 Å². The van der Waals surface area contributed by atoms with Crippen LogP contribution in [0.3, 0.4) is 0 Å². The van der Waals surface area contributed by atoms with Gasteiger partial charge in [0.15, 0.2) is 0 Å². The number of Topliss-reactive ketones (excluding diaryl/α,β-unsaturated/α-hetero) is 1. The molecule has 2 heterocycles. The summed E-state index contributed by atoms with van der Waals surface area (Å²) >= 11 is 7.36. The van der Waals surface area contributed by atoms with Crippen molar-refractivity contribution < 1.29 is 14.0 Å². The molecule has 96 valence electrons. The van der Waals surface area contributed by atoms with Gasteiger partial charge < -0.3 is 0 Å². The summed E-state index contributed by atoms with van der Waals surface area (Å²) in [5.74, 6) is -2.11. The Balaban J connectivity index is 2.12. The van der Waals surface area contributed by atoms with Crippen molar-refractivity contribution >= 4 is 40.3 Å². The lowest BCUT2D eigenvalue weighted by molar-refractivity contribution is -0.114. The maximum Gasteiger partial charge on any atom is 0.299 e. The van der Waals surface area contributed by atoms with E-state index in [9.17, 15) is 14.0 Å². The summed E-state index contributed by atoms with van der Waals surface area (Å²) in [6.07, 6.45) is 0. The molecule has 0 unspecified atom stereocenters. The second-order valence-corrected chi connectivity index (χ2v) is 5.29. The molecule has 1 amide bonds. The van der Waals surface area contributed by atoms with Gasteiger partial charge >= 0.3 is 0 Å². The lowest BCUT2D eigenvalue weighted by atomic mass is 10.1. The average molecular weight is 296 g/mol. The van der Waals surface area contributed by atoms with E-state index in [1.807, 2.05) is 16.8 Å². The third-order valence-corrected chi connectivity index (χ3v) is 3.98. The first-order valence-corrected chi connectivity index (χ1v) is 6.77. The maximum atomic E-state index is 13.9. The lowest BCUT2D eigenvalue weighted by Gasteiger charge is -2.16. The number of halogens is 2. The Morgan fingerprint density at radius 2 is 2.05 bits per heavy atom. The topological polar surface area (TPSA) is 37.4 Å². The molecule has 0 saturated carbocycles. The zero-order valence-electron chi connectivity index (χ0n) is 9.52. The number of fused-ring (bicyclic) bond motifs is 1. The fraction of sp³-hybridized carbons (Fsp3) is 0.0769. The van der Waals surface area contributed by atoms with Crippen LogP contribution in [-0.4, -0.2) is 11.7 Å². The number of hydrogen-bond acceptors (Lipinski definition) is 3. The van der Waals surface area contributed by atoms with Crippen LogP contribution in [0.25, 0.3) is 0 Å². The van der Waals surface area contributed by atoms with E-state index in [2.05, 4.69) is 0 Å². The van der Waals surface area contributed by atoms with Gasteiger partial charge in [0.1, 0.15) is 5.82 Å². The number of ketones is 1. The summed E-state index contributed by atoms with van der Waals surface area (Å²) in [5.41, 5.74) is 0.786. The van der Waals surface area contributed by atoms with E-state index in [1.54, 1.807) is 0 Å². The molecule has 19 heavy (non-hydrogen) atoms. The fourth-order valence-corrected chi connectivity index (χ4v) is 2.97. The molecular weight excluding hydrogens is 289 g/mol. The van der Waals surface area contributed by atoms with Crippen molar-refractivity contribution in [1.29, 1.82) is 0 Å². The third-order valence-electron chi connectivity index (χ3n) is 2.94. The Hall–Kier alpha value is -1.72. The number of carbonyl (C=O) groups excluding carboxylic acids is 2. The van der Waals surface area contributed by atoms with Gasteiger partial charge in [-0.25, -0.2) is 4.39 Å². The molecule has 0 aliphatic carbocycles. The van der Waals surface area contributed by atoms with Crippen LogP contribution in [0.5, 0.6) is 0 Å². The number of nitrogens with zero attached hydrogens (tertiary/aromatic N) is 1. The zero-order chi connectivity index (χ0) is 13.6. The maximum absolute atomic E-state index is 13.9. The van der Waals surface area contributed by atoms with Crippen molar-refractivity contribution in [2.75, 3.05) is 4.90 Å². The number of thiophene rings is 1. The molecule has 0 radical (unpaired) electrons. The van der Waals surface area contributed by atoms with Crippen molar-refractivity contribution in [2.45, 2.75) is 6.54 Å². The highest BCUT2D eigenvalue weighted by Crippen LogP contribution is 2.37. The molecule has 6 heteroatoms. The average Bonchev–Trinajstić information content (AvgIpc) is 2.97. The molecule has 0 fully saturated rings. The first-order chi connectivity index (χ1) is 9.09. The summed E-state index contributed by atoms with van der Waals surface area (Å²) in [6.45, 7) is 0.165. The molecule has 3 nitrogen and oxygen atoms in total. The van der Waals surface area contributed by atoms with Crippen molar-refractivity contribution in [3.05, 3.63) is 50.9 Å². The van der Waals surface area contributed by atoms with Crippen molar-refractivity contribution in [3.63, 3.8) is 0 Å². The van der Waals surface area contributed by atoms with Gasteiger partial charge in [0, 0.05) is 0 Å². The summed E-state index contributed by atoms with van der Waals surface area (Å²) < 4.78 is 13.9. The minimum atomic E-state index is -0.755. The van der Waals surface area contributed by atoms with Crippen LogP contribution in [-0.2, 0) is 11.3 Å². The number of carbonyl (C=O) groups is 2. The van der Waals surface area contributed by atoms with Gasteiger partial charge in [-0.05, 0) is 34.5 Å². The van der Waals surface area contributed by atoms with Crippen LogP contribution in [0.4, 0.5) is 10.1 Å². The van der Waals surface area contributed by atoms with E-state index in [0.717, 1.165) is 16.5 Å². The minimum Gasteiger partial charge on any atom is -0.297 e. The molecule has 0 atom stereocenters. The molecule has 0 N–H and O–H groups in total. The number of amides is 1. The highest BCUT2D eigenvalue weighted by Gasteiger charge is 2.39. The lowest BCUT2D eigenvalue weighted by Crippen LogP contribution is -2.29. The van der Waals surface area contributed by atoms with Crippen LogP contribution in [0.2, 0.25) is 5.02 Å². The number of anilines is 1. The van der Waals surface area contributed by atoms with E-state index in [4.69, 9.17) is 11.6 Å². The summed E-state index contributed by atoms with van der Waals surface area (Å²) in [4.78, 5) is 25.0. The third kappa shape index (κ3) is 1.86. The normalized spacial score (nSPS) is 14.1. The number of rotatable bonds is 2. The van der Waals surface area contributed by atoms with Gasteiger partial charge in [0.05, 0.1) is 22.8 Å². The van der Waals surface area contributed by atoms with Crippen molar-refractivity contribution in [1.82, 2.24) is 0 Å². The molecular formula is C13H7ClFNO2S. The molecule has 3 rings (SSSR count). The smallest absolute Gasteiger partial charge is 0.297 e. The van der Waals surface area contributed by atoms with Crippen LogP contribution < -0.4 is 4.90 Å². The largest absolute Gasteiger partial charge is 0.299 e. The van der Waals surface area contributed by atoms with E-state index in [1.165, 1.54) is 17.4 Å². The molecule has 0 saturated heterocycles. The van der Waals surface area contributed by atoms with Gasteiger partial charge in [0.25, 0.3) is 11.7 Å². The molecule has 1 aliphatic rings. The zero-order valence-corrected chi connectivity index (χ0v) is 11.1. The summed E-state index contributed by atoms with van der Waals surface area (Å²) in [7, 11) is 0. The summed E-state index contributed by atoms with van der Waals surface area (Å²) in [6, 6.07) is 4.27. The fourth-order valence-electron chi connectivity index (χ4n) is 2.07. The number of hydrogen-bond donors (Lipinski definition) is 0. The molecule has 2 aromatic rings. The highest BCUT2D eigenvalue weighted by atomic mass is 35.5. The SMILES string of the molecule is O=C1C(=O)N(Cc2ccsc2)c2c(F)ccc(Cl)c21. The minimum absolute atomic E-state index is 0.0197. The highest BCUT2D eigenvalue weighted by molar-refractivity contribution is 7.07. The van der Waals surface area contributed by atoms with Crippen LogP contribution in [0.1, 0.15) is 15.9 Å². The molecule has 0 bridgehead atoms. The van der Waals surface area contributed by atoms with Crippen LogP contribution >= 0.6 is 22.9 Å². The monoisotopic (exact) mass is 295 g/mol. The predicted molar refractivity (Wildman–Crippen MR) is 71.2 cm³/mol. The quantitative estimate of drug-likeness (QED) is 0.798. The predicted octanol–water partition coefficient (Wildman–Crippen LogP) is 3.27. The second kappa shape index (κ2) is 4.43. The van der Waals surface area contributed by atoms with E-state index < -0.39 is 17.5 Å². The van der Waals surface area contributed by atoms with Gasteiger partial charge in [0.2, 0.25) is 0 Å². The van der Waals surface area contributed by atoms with Gasteiger partial charge in [-0.2, -0.15) is 11.3 Å². The first-order valence-electron chi connectivity index (χ1n) is 5.45. The Morgan fingerprint density at radius 1 is 1.26 bits per heavy atom. The first kappa shape index (κ1) is 12.3. The van der Waals surface area contributed by atoms with E-state index in [-0.39, 0.29) is 22.8 Å². The van der Waals surface area contributed by atoms with E-state index in [0.29, 0.717) is 0 Å². The van der Waals surface area contributed by atoms with Crippen LogP contribution in [0, 0.1) is 5.82 Å². The Labute approximate surface area is 117 Å². The molecule has 1 aromatic carbocycles. The standard InChI is InChI=1S/C13H7ClFNO2S/c14-8-1-2-9(15)11-10(8)12(17)13(18)16(11)5-7-3-4-19-6-7/h1-4,6H,5H2. The van der Waals surface area contributed by atoms with E-state index >= 15 is 0 Å². The van der Waals surface area contributed by atoms with Gasteiger partial charge in [-0.15, -0.1) is 0 Å². The Bertz CT molecular complexity index is 684. The van der Waals surface area contributed by atoms with Gasteiger partial charge in [-0.3, -0.25) is 14.5 Å². The molecule has 1 aromatic heterocycles. The molecule has 0 spiro atoms. The Kier molecular flexibility index (Phi) is 2.88. The van der Waals surface area contributed by atoms with Crippen molar-refractivity contribution in [3.8, 4) is 0 Å². The van der Waals surface area contributed by atoms with Gasteiger partial charge in [-0.1, -0.05) is 11.6 Å². The molecule has 1 aliphatic heterocycles. The second-order valence-electron chi connectivity index (χ2n) is 4.10. The summed E-state index contributed by atoms with van der Waals surface area (Å²) in [5, 5.41) is 3.80. The number of benzene rings is 1. The van der Waals surface area contributed by atoms with Crippen molar-refractivity contribution in [2.24, 2.45) is 0 Å².